The number of thiazole rings is 1. The van der Waals surface area contributed by atoms with Crippen molar-refractivity contribution in [1.82, 2.24) is 14.1 Å². The molecule has 1 aromatic carbocycles. The van der Waals surface area contributed by atoms with Crippen molar-refractivity contribution in [1.29, 1.82) is 0 Å². The van der Waals surface area contributed by atoms with E-state index in [0.29, 0.717) is 6.07 Å². The molecule has 1 amide bonds. The minimum Gasteiger partial charge on any atom is -0.427 e. The summed E-state index contributed by atoms with van der Waals surface area (Å²) >= 11 is 6.93. The van der Waals surface area contributed by atoms with E-state index < -0.39 is 41.1 Å². The van der Waals surface area contributed by atoms with Gasteiger partial charge in [0.15, 0.2) is 5.13 Å². The van der Waals surface area contributed by atoms with E-state index >= 15 is 0 Å². The van der Waals surface area contributed by atoms with E-state index in [1.807, 2.05) is 0 Å². The Hall–Kier alpha value is -3.45. The molecule has 0 saturated carbocycles. The van der Waals surface area contributed by atoms with Crippen molar-refractivity contribution in [2.24, 2.45) is 14.1 Å². The molecule has 3 aromatic heterocycles. The summed E-state index contributed by atoms with van der Waals surface area (Å²) in [6, 6.07) is 2.81. The zero-order chi connectivity index (χ0) is 24.9. The second-order valence-electron chi connectivity index (χ2n) is 7.17. The van der Waals surface area contributed by atoms with Crippen LogP contribution < -0.4 is 16.6 Å². The Kier molecular flexibility index (Phi) is 5.85. The lowest BCUT2D eigenvalue weighted by Gasteiger charge is -2.09. The number of benzene rings is 1. The van der Waals surface area contributed by atoms with Gasteiger partial charge in [0.05, 0.1) is 17.7 Å². The van der Waals surface area contributed by atoms with Crippen LogP contribution in [-0.2, 0) is 31.5 Å². The van der Waals surface area contributed by atoms with Gasteiger partial charge in [-0.15, -0.1) is 11.3 Å². The van der Waals surface area contributed by atoms with Gasteiger partial charge in [0.1, 0.15) is 11.2 Å². The lowest BCUT2D eigenvalue weighted by atomic mass is 10.1. The van der Waals surface area contributed by atoms with Gasteiger partial charge in [-0.2, -0.15) is 13.2 Å². The van der Waals surface area contributed by atoms with Crippen molar-refractivity contribution in [2.75, 3.05) is 5.32 Å². The third kappa shape index (κ3) is 4.01. The van der Waals surface area contributed by atoms with Gasteiger partial charge < -0.3 is 9.73 Å². The van der Waals surface area contributed by atoms with E-state index in [2.05, 4.69) is 10.3 Å². The maximum absolute atomic E-state index is 14.4. The summed E-state index contributed by atoms with van der Waals surface area (Å²) in [5, 5.41) is 3.41. The van der Waals surface area contributed by atoms with E-state index in [1.54, 1.807) is 0 Å². The third-order valence-corrected chi connectivity index (χ3v) is 6.07. The molecule has 14 heteroatoms. The van der Waals surface area contributed by atoms with Gasteiger partial charge in [-0.25, -0.2) is 14.2 Å². The maximum Gasteiger partial charge on any atom is 0.419 e. The molecule has 0 atom stereocenters. The zero-order valence-corrected chi connectivity index (χ0v) is 18.9. The van der Waals surface area contributed by atoms with Crippen molar-refractivity contribution in [2.45, 2.75) is 12.6 Å². The molecular weight excluding hydrogens is 504 g/mol. The minimum atomic E-state index is -4.87. The Labute approximate surface area is 196 Å². The number of fused-ring (bicyclic) bond motifs is 1. The number of carbonyl (C=O) groups excluding carboxylic acids is 1. The summed E-state index contributed by atoms with van der Waals surface area (Å²) in [5.74, 6) is -2.15. The first kappa shape index (κ1) is 23.7. The fourth-order valence-electron chi connectivity index (χ4n) is 3.33. The zero-order valence-electron chi connectivity index (χ0n) is 17.3. The molecule has 0 unspecified atom stereocenters. The van der Waals surface area contributed by atoms with E-state index in [9.17, 15) is 31.9 Å². The lowest BCUT2D eigenvalue weighted by molar-refractivity contribution is -0.139. The highest BCUT2D eigenvalue weighted by molar-refractivity contribution is 7.14. The SMILES string of the molecule is Cn1c(=O)c2c(CC(=O)Nc3nc(-c4cccc(C(F)(F)F)c4F)cs3)c(Cl)oc2n(C)c1=O. The molecule has 178 valence electrons. The Morgan fingerprint density at radius 3 is 2.62 bits per heavy atom. The largest absolute Gasteiger partial charge is 0.427 e. The number of nitrogens with zero attached hydrogens (tertiary/aromatic N) is 3. The molecule has 34 heavy (non-hydrogen) atoms. The van der Waals surface area contributed by atoms with Crippen LogP contribution in [0, 0.1) is 5.82 Å². The number of amides is 1. The van der Waals surface area contributed by atoms with Gasteiger partial charge in [-0.3, -0.25) is 18.7 Å². The number of aryl methyl sites for hydroxylation is 1. The van der Waals surface area contributed by atoms with Crippen molar-refractivity contribution in [3.63, 3.8) is 0 Å². The van der Waals surface area contributed by atoms with Crippen LogP contribution in [0.15, 0.2) is 37.6 Å². The molecule has 0 spiro atoms. The van der Waals surface area contributed by atoms with Gasteiger partial charge >= 0.3 is 11.9 Å². The number of alkyl halides is 3. The first-order valence-electron chi connectivity index (χ1n) is 9.38. The predicted molar refractivity (Wildman–Crippen MR) is 117 cm³/mol. The highest BCUT2D eigenvalue weighted by Crippen LogP contribution is 2.36. The number of anilines is 1. The average molecular weight is 517 g/mol. The molecule has 0 bridgehead atoms. The van der Waals surface area contributed by atoms with Crippen LogP contribution in [-0.4, -0.2) is 20.0 Å². The monoisotopic (exact) mass is 516 g/mol. The number of rotatable bonds is 4. The number of hydrogen-bond donors (Lipinski definition) is 1. The molecule has 1 N–H and O–H groups in total. The number of aromatic nitrogens is 3. The first-order chi connectivity index (χ1) is 15.9. The van der Waals surface area contributed by atoms with Crippen LogP contribution in [0.2, 0.25) is 5.22 Å². The second kappa shape index (κ2) is 8.40. The Morgan fingerprint density at radius 1 is 1.24 bits per heavy atom. The third-order valence-electron chi connectivity index (χ3n) is 5.00. The summed E-state index contributed by atoms with van der Waals surface area (Å²) < 4.78 is 60.5. The molecule has 0 aliphatic rings. The predicted octanol–water partition coefficient (Wildman–Crippen LogP) is 3.95. The summed E-state index contributed by atoms with van der Waals surface area (Å²) in [6.07, 6.45) is -5.30. The molecule has 0 saturated heterocycles. The van der Waals surface area contributed by atoms with Crippen LogP contribution in [0.4, 0.5) is 22.7 Å². The quantitative estimate of drug-likeness (QED) is 0.414. The highest BCUT2D eigenvalue weighted by atomic mass is 35.5. The highest BCUT2D eigenvalue weighted by Gasteiger charge is 2.35. The van der Waals surface area contributed by atoms with Gasteiger partial charge in [-0.1, -0.05) is 6.07 Å². The van der Waals surface area contributed by atoms with Crippen LogP contribution in [0.5, 0.6) is 0 Å². The van der Waals surface area contributed by atoms with Crippen molar-refractivity contribution in [3.8, 4) is 11.3 Å². The molecule has 0 fully saturated rings. The standard InChI is InChI=1S/C20H13ClF4N4O4S/c1-28-16(31)13-9(15(21)33-17(13)29(2)19(28)32)6-12(30)27-18-26-11(7-34-18)8-4-3-5-10(14(8)22)20(23,24)25/h3-5,7H,6H2,1-2H3,(H,26,27,30). The lowest BCUT2D eigenvalue weighted by Crippen LogP contribution is -2.36. The number of halogens is 5. The summed E-state index contributed by atoms with van der Waals surface area (Å²) in [4.78, 5) is 41.2. The number of furan rings is 1. The normalized spacial score (nSPS) is 11.9. The van der Waals surface area contributed by atoms with Gasteiger partial charge in [0.2, 0.25) is 16.8 Å². The topological polar surface area (TPSA) is 99.1 Å². The van der Waals surface area contributed by atoms with Crippen molar-refractivity contribution >= 4 is 45.1 Å². The molecule has 0 aliphatic carbocycles. The average Bonchev–Trinajstić information content (AvgIpc) is 3.34. The summed E-state index contributed by atoms with van der Waals surface area (Å²) in [5.41, 5.74) is -3.30. The van der Waals surface area contributed by atoms with Crippen LogP contribution >= 0.6 is 22.9 Å². The minimum absolute atomic E-state index is 0.0129. The maximum atomic E-state index is 14.4. The van der Waals surface area contributed by atoms with Crippen molar-refractivity contribution < 1.29 is 26.8 Å². The van der Waals surface area contributed by atoms with Crippen LogP contribution in [0.25, 0.3) is 22.4 Å². The van der Waals surface area contributed by atoms with Crippen LogP contribution in [0.1, 0.15) is 11.1 Å². The number of carbonyl (C=O) groups is 1. The molecule has 4 aromatic rings. The fraction of sp³-hybridized carbons (Fsp3) is 0.200. The van der Waals surface area contributed by atoms with E-state index in [1.165, 1.54) is 19.5 Å². The molecule has 0 aliphatic heterocycles. The molecule has 8 nitrogen and oxygen atoms in total. The van der Waals surface area contributed by atoms with Gasteiger partial charge in [-0.05, 0) is 23.7 Å². The van der Waals surface area contributed by atoms with E-state index in [-0.39, 0.29) is 38.3 Å². The summed E-state index contributed by atoms with van der Waals surface area (Å²) in [6.45, 7) is 0. The fourth-order valence-corrected chi connectivity index (χ4v) is 4.29. The van der Waals surface area contributed by atoms with Crippen LogP contribution in [0.3, 0.4) is 0 Å². The molecule has 0 radical (unpaired) electrons. The van der Waals surface area contributed by atoms with Crippen molar-refractivity contribution in [3.05, 3.63) is 66.6 Å². The Morgan fingerprint density at radius 2 is 1.94 bits per heavy atom. The summed E-state index contributed by atoms with van der Waals surface area (Å²) in [7, 11) is 2.64. The molecule has 3 heterocycles. The molecule has 4 rings (SSSR count). The van der Waals surface area contributed by atoms with Gasteiger partial charge in [0.25, 0.3) is 5.56 Å². The smallest absolute Gasteiger partial charge is 0.419 e. The Bertz CT molecular complexity index is 1570. The number of nitrogens with one attached hydrogen (secondary N) is 1. The second-order valence-corrected chi connectivity index (χ2v) is 8.37. The van der Waals surface area contributed by atoms with E-state index in [0.717, 1.165) is 32.6 Å². The molecular formula is C20H13ClF4N4O4S. The van der Waals surface area contributed by atoms with E-state index in [4.69, 9.17) is 16.0 Å². The first-order valence-corrected chi connectivity index (χ1v) is 10.6. The number of hydrogen-bond acceptors (Lipinski definition) is 6. The van der Waals surface area contributed by atoms with Gasteiger partial charge in [0, 0.05) is 30.6 Å². The Balaban J connectivity index is 1.61.